The Labute approximate surface area is 111 Å². The van der Waals surface area contributed by atoms with E-state index in [0.717, 1.165) is 22.4 Å². The predicted octanol–water partition coefficient (Wildman–Crippen LogP) is 2.50. The smallest absolute Gasteiger partial charge is 0.224 e. The molecule has 18 heavy (non-hydrogen) atoms. The molecule has 2 aromatic rings. The fraction of sp³-hybridized carbons (Fsp3) is 0.214. The van der Waals surface area contributed by atoms with Crippen molar-refractivity contribution in [2.24, 2.45) is 0 Å². The van der Waals surface area contributed by atoms with Gasteiger partial charge in [-0.05, 0) is 46.5 Å². The Hall–Kier alpha value is -1.81. The molecular formula is C14H16N2OS. The highest BCUT2D eigenvalue weighted by Crippen LogP contribution is 2.15. The van der Waals surface area contributed by atoms with Crippen LogP contribution in [0.25, 0.3) is 0 Å². The first-order valence-electron chi connectivity index (χ1n) is 5.78. The van der Waals surface area contributed by atoms with Crippen LogP contribution < -0.4 is 11.1 Å². The van der Waals surface area contributed by atoms with E-state index in [9.17, 15) is 4.79 Å². The average Bonchev–Trinajstić information content (AvgIpc) is 2.84. The van der Waals surface area contributed by atoms with Crippen molar-refractivity contribution in [2.45, 2.75) is 19.9 Å². The topological polar surface area (TPSA) is 55.1 Å². The summed E-state index contributed by atoms with van der Waals surface area (Å²) >= 11 is 1.60. The number of nitrogens with two attached hydrogens (primary N) is 1. The van der Waals surface area contributed by atoms with E-state index in [-0.39, 0.29) is 5.91 Å². The molecule has 0 spiro atoms. The van der Waals surface area contributed by atoms with Gasteiger partial charge in [-0.25, -0.2) is 0 Å². The molecule has 0 radical (unpaired) electrons. The molecule has 0 unspecified atom stereocenters. The first-order valence-corrected chi connectivity index (χ1v) is 6.73. The van der Waals surface area contributed by atoms with E-state index in [1.54, 1.807) is 11.3 Å². The lowest BCUT2D eigenvalue weighted by atomic mass is 10.1. The summed E-state index contributed by atoms with van der Waals surface area (Å²) in [6.45, 7) is 2.50. The Morgan fingerprint density at radius 2 is 2.22 bits per heavy atom. The van der Waals surface area contributed by atoms with Gasteiger partial charge in [-0.15, -0.1) is 0 Å². The lowest BCUT2D eigenvalue weighted by molar-refractivity contribution is -0.120. The summed E-state index contributed by atoms with van der Waals surface area (Å²) in [7, 11) is 0. The van der Waals surface area contributed by atoms with Gasteiger partial charge in [0, 0.05) is 12.2 Å². The largest absolute Gasteiger partial charge is 0.399 e. The van der Waals surface area contributed by atoms with Crippen molar-refractivity contribution in [1.29, 1.82) is 0 Å². The summed E-state index contributed by atoms with van der Waals surface area (Å²) in [5, 5.41) is 6.88. The minimum atomic E-state index is 0.0372. The van der Waals surface area contributed by atoms with Crippen molar-refractivity contribution >= 4 is 22.9 Å². The number of hydrogen-bond donors (Lipinski definition) is 2. The van der Waals surface area contributed by atoms with Crippen molar-refractivity contribution < 1.29 is 4.79 Å². The van der Waals surface area contributed by atoms with Gasteiger partial charge in [0.1, 0.15) is 0 Å². The monoisotopic (exact) mass is 260 g/mol. The minimum absolute atomic E-state index is 0.0372. The molecule has 1 aromatic carbocycles. The maximum Gasteiger partial charge on any atom is 0.224 e. The summed E-state index contributed by atoms with van der Waals surface area (Å²) < 4.78 is 0. The molecule has 0 saturated heterocycles. The molecule has 1 amide bonds. The van der Waals surface area contributed by atoms with E-state index < -0.39 is 0 Å². The molecule has 4 heteroatoms. The van der Waals surface area contributed by atoms with Crippen molar-refractivity contribution in [3.63, 3.8) is 0 Å². The third-order valence-corrected chi connectivity index (χ3v) is 3.64. The van der Waals surface area contributed by atoms with Crippen LogP contribution in [0.2, 0.25) is 0 Å². The maximum absolute atomic E-state index is 11.7. The van der Waals surface area contributed by atoms with Gasteiger partial charge < -0.3 is 11.1 Å². The number of rotatable bonds is 4. The van der Waals surface area contributed by atoms with Gasteiger partial charge in [0.25, 0.3) is 0 Å². The quantitative estimate of drug-likeness (QED) is 0.830. The molecule has 3 N–H and O–H groups in total. The van der Waals surface area contributed by atoms with Crippen LogP contribution in [0.5, 0.6) is 0 Å². The highest BCUT2D eigenvalue weighted by Gasteiger charge is 2.05. The Morgan fingerprint density at radius 1 is 1.39 bits per heavy atom. The van der Waals surface area contributed by atoms with Crippen LogP contribution in [0.4, 0.5) is 5.69 Å². The number of nitrogen functional groups attached to an aromatic ring is 1. The SMILES string of the molecule is Cc1c(N)cccc1CNC(=O)Cc1ccsc1. The lowest BCUT2D eigenvalue weighted by Gasteiger charge is -2.09. The third-order valence-electron chi connectivity index (χ3n) is 2.91. The van der Waals surface area contributed by atoms with E-state index in [1.807, 2.05) is 41.9 Å². The molecule has 0 aliphatic carbocycles. The molecule has 94 valence electrons. The molecule has 3 nitrogen and oxygen atoms in total. The van der Waals surface area contributed by atoms with E-state index in [1.165, 1.54) is 0 Å². The van der Waals surface area contributed by atoms with Gasteiger partial charge in [-0.3, -0.25) is 4.79 Å². The molecule has 0 fully saturated rings. The standard InChI is InChI=1S/C14H16N2OS/c1-10-12(3-2-4-13(10)15)8-16-14(17)7-11-5-6-18-9-11/h2-6,9H,7-8,15H2,1H3,(H,16,17). The predicted molar refractivity (Wildman–Crippen MR) is 75.5 cm³/mol. The molecule has 1 heterocycles. The number of amides is 1. The second-order valence-corrected chi connectivity index (χ2v) is 5.00. The van der Waals surface area contributed by atoms with Crippen molar-refractivity contribution in [3.05, 3.63) is 51.7 Å². The molecule has 0 saturated carbocycles. The van der Waals surface area contributed by atoms with E-state index in [2.05, 4.69) is 5.32 Å². The van der Waals surface area contributed by atoms with Gasteiger partial charge in [0.05, 0.1) is 6.42 Å². The zero-order chi connectivity index (χ0) is 13.0. The fourth-order valence-electron chi connectivity index (χ4n) is 1.73. The van der Waals surface area contributed by atoms with Gasteiger partial charge in [-0.1, -0.05) is 12.1 Å². The van der Waals surface area contributed by atoms with Crippen molar-refractivity contribution in [2.75, 3.05) is 5.73 Å². The zero-order valence-corrected chi connectivity index (χ0v) is 11.1. The number of carbonyl (C=O) groups excluding carboxylic acids is 1. The highest BCUT2D eigenvalue weighted by molar-refractivity contribution is 7.07. The summed E-state index contributed by atoms with van der Waals surface area (Å²) in [5.74, 6) is 0.0372. The highest BCUT2D eigenvalue weighted by atomic mass is 32.1. The molecule has 0 aliphatic rings. The van der Waals surface area contributed by atoms with Gasteiger partial charge in [0.15, 0.2) is 0 Å². The number of benzene rings is 1. The van der Waals surface area contributed by atoms with Gasteiger partial charge >= 0.3 is 0 Å². The molecule has 2 rings (SSSR count). The molecule has 0 aliphatic heterocycles. The summed E-state index contributed by atoms with van der Waals surface area (Å²) in [6.07, 6.45) is 0.435. The van der Waals surface area contributed by atoms with E-state index in [4.69, 9.17) is 5.73 Å². The first-order chi connectivity index (χ1) is 8.66. The van der Waals surface area contributed by atoms with Crippen molar-refractivity contribution in [1.82, 2.24) is 5.32 Å². The molecule has 1 aromatic heterocycles. The molecule has 0 bridgehead atoms. The second-order valence-electron chi connectivity index (χ2n) is 4.22. The van der Waals surface area contributed by atoms with Crippen LogP contribution in [-0.2, 0) is 17.8 Å². The van der Waals surface area contributed by atoms with E-state index >= 15 is 0 Å². The van der Waals surface area contributed by atoms with Crippen LogP contribution in [-0.4, -0.2) is 5.91 Å². The second kappa shape index (κ2) is 5.69. The Kier molecular flexibility index (Phi) is 3.99. The first kappa shape index (κ1) is 12.6. The van der Waals surface area contributed by atoms with Crippen LogP contribution in [0.3, 0.4) is 0 Å². The number of anilines is 1. The number of hydrogen-bond acceptors (Lipinski definition) is 3. The minimum Gasteiger partial charge on any atom is -0.399 e. The Balaban J connectivity index is 1.91. The summed E-state index contributed by atoms with van der Waals surface area (Å²) in [6, 6.07) is 7.72. The van der Waals surface area contributed by atoms with Crippen molar-refractivity contribution in [3.8, 4) is 0 Å². The zero-order valence-electron chi connectivity index (χ0n) is 10.3. The normalized spacial score (nSPS) is 10.3. The summed E-state index contributed by atoms with van der Waals surface area (Å²) in [4.78, 5) is 11.7. The number of thiophene rings is 1. The average molecular weight is 260 g/mol. The van der Waals surface area contributed by atoms with Crippen LogP contribution in [0.1, 0.15) is 16.7 Å². The summed E-state index contributed by atoms with van der Waals surface area (Å²) in [5.41, 5.74) is 9.75. The fourth-order valence-corrected chi connectivity index (χ4v) is 2.40. The third kappa shape index (κ3) is 3.11. The van der Waals surface area contributed by atoms with Crippen LogP contribution >= 0.6 is 11.3 Å². The maximum atomic E-state index is 11.7. The Bertz CT molecular complexity index is 535. The van der Waals surface area contributed by atoms with Crippen LogP contribution in [0.15, 0.2) is 35.0 Å². The molecular weight excluding hydrogens is 244 g/mol. The van der Waals surface area contributed by atoms with Gasteiger partial charge in [0.2, 0.25) is 5.91 Å². The number of carbonyl (C=O) groups is 1. The number of nitrogens with one attached hydrogen (secondary N) is 1. The lowest BCUT2D eigenvalue weighted by Crippen LogP contribution is -2.24. The Morgan fingerprint density at radius 3 is 2.94 bits per heavy atom. The van der Waals surface area contributed by atoms with Crippen LogP contribution in [0, 0.1) is 6.92 Å². The molecule has 0 atom stereocenters. The van der Waals surface area contributed by atoms with E-state index in [0.29, 0.717) is 13.0 Å². The van der Waals surface area contributed by atoms with Gasteiger partial charge in [-0.2, -0.15) is 11.3 Å².